The summed E-state index contributed by atoms with van der Waals surface area (Å²) < 4.78 is 5.71. The third kappa shape index (κ3) is 3.65. The lowest BCUT2D eigenvalue weighted by molar-refractivity contribution is -0.149. The van der Waals surface area contributed by atoms with E-state index < -0.39 is 0 Å². The van der Waals surface area contributed by atoms with Gasteiger partial charge >= 0.3 is 0 Å². The van der Waals surface area contributed by atoms with E-state index in [1.807, 2.05) is 17.2 Å². The van der Waals surface area contributed by atoms with E-state index in [-0.39, 0.29) is 11.3 Å². The molecule has 0 bridgehead atoms. The fraction of sp³-hybridized carbons (Fsp3) is 0.714. The molecular weight excluding hydrogens is 360 g/mol. The number of carbonyl (C=O) groups excluding carboxylic acids is 2. The van der Waals surface area contributed by atoms with Crippen LogP contribution in [0.2, 0.25) is 0 Å². The van der Waals surface area contributed by atoms with Gasteiger partial charge in [-0.25, -0.2) is 0 Å². The molecule has 0 N–H and O–H groups in total. The van der Waals surface area contributed by atoms with Gasteiger partial charge in [0.15, 0.2) is 5.76 Å². The number of carbonyl (C=O) groups is 2. The van der Waals surface area contributed by atoms with Crippen molar-refractivity contribution in [1.29, 1.82) is 0 Å². The molecular formula is C21H30N2O3S. The molecule has 1 saturated carbocycles. The van der Waals surface area contributed by atoms with Crippen LogP contribution in [0.1, 0.15) is 67.7 Å². The van der Waals surface area contributed by atoms with Crippen LogP contribution in [0, 0.1) is 5.41 Å². The molecule has 2 aliphatic heterocycles. The van der Waals surface area contributed by atoms with Crippen molar-refractivity contribution in [3.05, 3.63) is 23.7 Å². The summed E-state index contributed by atoms with van der Waals surface area (Å²) in [5, 5.41) is 0. The van der Waals surface area contributed by atoms with E-state index in [4.69, 9.17) is 4.42 Å². The smallest absolute Gasteiger partial charge is 0.289 e. The second kappa shape index (κ2) is 7.90. The van der Waals surface area contributed by atoms with Gasteiger partial charge in [-0.3, -0.25) is 9.59 Å². The highest BCUT2D eigenvalue weighted by Crippen LogP contribution is 2.42. The Kier molecular flexibility index (Phi) is 5.53. The van der Waals surface area contributed by atoms with Crippen molar-refractivity contribution in [3.8, 4) is 0 Å². The summed E-state index contributed by atoms with van der Waals surface area (Å²) in [7, 11) is 0. The molecule has 2 saturated heterocycles. The number of likely N-dealkylation sites (tertiary alicyclic amines) is 2. The molecule has 4 rings (SSSR count). The molecule has 27 heavy (non-hydrogen) atoms. The Morgan fingerprint density at radius 2 is 2.00 bits per heavy atom. The van der Waals surface area contributed by atoms with Crippen molar-refractivity contribution < 1.29 is 14.0 Å². The van der Waals surface area contributed by atoms with Crippen LogP contribution >= 0.6 is 11.8 Å². The second-order valence-electron chi connectivity index (χ2n) is 8.35. The molecule has 6 heteroatoms. The Labute approximate surface area is 165 Å². The van der Waals surface area contributed by atoms with Gasteiger partial charge in [-0.1, -0.05) is 19.3 Å². The van der Waals surface area contributed by atoms with E-state index in [1.165, 1.54) is 19.3 Å². The first-order valence-electron chi connectivity index (χ1n) is 10.3. The minimum Gasteiger partial charge on any atom is -0.455 e. The Bertz CT molecular complexity index is 697. The first-order valence-corrected chi connectivity index (χ1v) is 11.7. The van der Waals surface area contributed by atoms with Gasteiger partial charge in [0.05, 0.1) is 11.2 Å². The Morgan fingerprint density at radius 1 is 1.19 bits per heavy atom. The summed E-state index contributed by atoms with van der Waals surface area (Å²) in [6.07, 6.45) is 10.8. The molecule has 0 aromatic carbocycles. The van der Waals surface area contributed by atoms with Gasteiger partial charge in [0, 0.05) is 25.7 Å². The Hall–Kier alpha value is -1.43. The highest BCUT2D eigenvalue weighted by atomic mass is 32.2. The summed E-state index contributed by atoms with van der Waals surface area (Å²) in [6.45, 7) is 2.10. The lowest BCUT2D eigenvalue weighted by atomic mass is 9.77. The first kappa shape index (κ1) is 18.9. The van der Waals surface area contributed by atoms with Crippen molar-refractivity contribution in [2.24, 2.45) is 5.41 Å². The molecule has 1 spiro atoms. The zero-order valence-electron chi connectivity index (χ0n) is 16.2. The summed E-state index contributed by atoms with van der Waals surface area (Å²) in [4.78, 5) is 30.3. The van der Waals surface area contributed by atoms with E-state index in [9.17, 15) is 9.59 Å². The van der Waals surface area contributed by atoms with Crippen LogP contribution in [0.4, 0.5) is 0 Å². The van der Waals surface area contributed by atoms with Gasteiger partial charge in [-0.2, -0.15) is 11.8 Å². The molecule has 5 nitrogen and oxygen atoms in total. The zero-order chi connectivity index (χ0) is 18.9. The highest BCUT2D eigenvalue weighted by molar-refractivity contribution is 7.97. The van der Waals surface area contributed by atoms with E-state index in [0.29, 0.717) is 30.8 Å². The minimum absolute atomic E-state index is 0.0678. The predicted molar refractivity (Wildman–Crippen MR) is 107 cm³/mol. The topological polar surface area (TPSA) is 53.8 Å². The lowest BCUT2D eigenvalue weighted by Crippen LogP contribution is -2.54. The van der Waals surface area contributed by atoms with Crippen molar-refractivity contribution in [1.82, 2.24) is 9.80 Å². The van der Waals surface area contributed by atoms with E-state index in [2.05, 4.69) is 4.90 Å². The number of rotatable bonds is 4. The first-order chi connectivity index (χ1) is 13.1. The number of furan rings is 1. The highest BCUT2D eigenvalue weighted by Gasteiger charge is 2.50. The minimum atomic E-state index is -0.361. The molecule has 2 amide bonds. The van der Waals surface area contributed by atoms with Crippen LogP contribution in [-0.4, -0.2) is 53.5 Å². The van der Waals surface area contributed by atoms with E-state index in [0.717, 1.165) is 50.2 Å². The molecule has 148 valence electrons. The van der Waals surface area contributed by atoms with Crippen molar-refractivity contribution in [3.63, 3.8) is 0 Å². The lowest BCUT2D eigenvalue weighted by Gasteiger charge is -2.44. The van der Waals surface area contributed by atoms with Crippen LogP contribution in [-0.2, 0) is 10.5 Å². The van der Waals surface area contributed by atoms with Crippen molar-refractivity contribution >= 4 is 23.6 Å². The van der Waals surface area contributed by atoms with E-state index in [1.54, 1.807) is 17.8 Å². The predicted octanol–water partition coefficient (Wildman–Crippen LogP) is 3.93. The monoisotopic (exact) mass is 390 g/mol. The zero-order valence-corrected chi connectivity index (χ0v) is 17.1. The van der Waals surface area contributed by atoms with Gasteiger partial charge in [-0.15, -0.1) is 0 Å². The number of piperidine rings is 1. The van der Waals surface area contributed by atoms with Gasteiger partial charge in [0.1, 0.15) is 5.76 Å². The molecule has 1 aromatic heterocycles. The summed E-state index contributed by atoms with van der Waals surface area (Å²) in [5.74, 6) is 2.24. The number of hydrogen-bond donors (Lipinski definition) is 0. The van der Waals surface area contributed by atoms with Crippen LogP contribution in [0.3, 0.4) is 0 Å². The van der Waals surface area contributed by atoms with Crippen LogP contribution < -0.4 is 0 Å². The SMILES string of the molecule is CSCc1ccc(C(=O)N2CC[C@@]3(CCCN(C4CCCCC4)C3=O)C2)o1. The average molecular weight is 391 g/mol. The normalized spacial score (nSPS) is 26.9. The maximum absolute atomic E-state index is 13.4. The third-order valence-electron chi connectivity index (χ3n) is 6.58. The average Bonchev–Trinajstić information content (AvgIpc) is 3.33. The van der Waals surface area contributed by atoms with Crippen molar-refractivity contribution in [2.45, 2.75) is 63.2 Å². The van der Waals surface area contributed by atoms with Crippen LogP contribution in [0.25, 0.3) is 0 Å². The summed E-state index contributed by atoms with van der Waals surface area (Å²) in [5.41, 5.74) is -0.361. The third-order valence-corrected chi connectivity index (χ3v) is 7.16. The standard InChI is InChI=1S/C21H30N2O3S/c1-27-14-17-8-9-18(26-17)19(24)22-13-11-21(15-22)10-5-12-23(20(21)25)16-6-3-2-4-7-16/h8-9,16H,2-7,10-15H2,1H3/t21-/m0/s1. The Morgan fingerprint density at radius 3 is 2.78 bits per heavy atom. The molecule has 3 fully saturated rings. The quantitative estimate of drug-likeness (QED) is 0.782. The molecule has 1 atom stereocenters. The molecule has 0 radical (unpaired) electrons. The maximum atomic E-state index is 13.4. The molecule has 0 unspecified atom stereocenters. The fourth-order valence-electron chi connectivity index (χ4n) is 5.13. The van der Waals surface area contributed by atoms with Gasteiger partial charge in [0.2, 0.25) is 5.91 Å². The molecule has 1 aromatic rings. The summed E-state index contributed by atoms with van der Waals surface area (Å²) in [6, 6.07) is 4.08. The second-order valence-corrected chi connectivity index (χ2v) is 9.22. The van der Waals surface area contributed by atoms with Crippen molar-refractivity contribution in [2.75, 3.05) is 25.9 Å². The van der Waals surface area contributed by atoms with Gasteiger partial charge in [0.25, 0.3) is 5.91 Å². The molecule has 3 aliphatic rings. The number of hydrogen-bond acceptors (Lipinski definition) is 4. The van der Waals surface area contributed by atoms with E-state index >= 15 is 0 Å². The molecule has 3 heterocycles. The molecule has 1 aliphatic carbocycles. The number of nitrogens with zero attached hydrogens (tertiary/aromatic N) is 2. The largest absolute Gasteiger partial charge is 0.455 e. The van der Waals surface area contributed by atoms with Gasteiger partial charge < -0.3 is 14.2 Å². The van der Waals surface area contributed by atoms with Crippen LogP contribution in [0.5, 0.6) is 0 Å². The van der Waals surface area contributed by atoms with Gasteiger partial charge in [-0.05, 0) is 50.5 Å². The maximum Gasteiger partial charge on any atom is 0.289 e. The summed E-state index contributed by atoms with van der Waals surface area (Å²) >= 11 is 1.67. The fourth-order valence-corrected chi connectivity index (χ4v) is 5.57. The van der Waals surface area contributed by atoms with Crippen LogP contribution in [0.15, 0.2) is 16.5 Å². The Balaban J connectivity index is 1.45. The number of amides is 2. The number of thioether (sulfide) groups is 1.